The molecule has 318 valence electrons. The predicted octanol–water partition coefficient (Wildman–Crippen LogP) is 9.41. The lowest BCUT2D eigenvalue weighted by Gasteiger charge is -2.30. The van der Waals surface area contributed by atoms with Gasteiger partial charge in [0.1, 0.15) is 15.9 Å². The first kappa shape index (κ1) is 51.8. The summed E-state index contributed by atoms with van der Waals surface area (Å²) in [4.78, 5) is 38.0. The lowest BCUT2D eigenvalue weighted by Crippen LogP contribution is -2.41. The summed E-state index contributed by atoms with van der Waals surface area (Å²) in [7, 11) is -3.02. The summed E-state index contributed by atoms with van der Waals surface area (Å²) in [6, 6.07) is 14.0. The fourth-order valence-corrected chi connectivity index (χ4v) is 8.51. The van der Waals surface area contributed by atoms with E-state index in [9.17, 15) is 27.9 Å². The first-order valence-corrected chi connectivity index (χ1v) is 26.3. The molecule has 4 rings (SSSR count). The summed E-state index contributed by atoms with van der Waals surface area (Å²) in [6.45, 7) is 7.77. The van der Waals surface area contributed by atoms with E-state index in [4.69, 9.17) is 5.11 Å². The number of hydrogen-bond acceptors (Lipinski definition) is 9. The molecule has 1 amide bonds. The maximum absolute atomic E-state index is 13.4. The van der Waals surface area contributed by atoms with Crippen LogP contribution in [0.4, 0.5) is 0 Å². The van der Waals surface area contributed by atoms with Gasteiger partial charge in [-0.3, -0.25) is 14.5 Å². The van der Waals surface area contributed by atoms with Gasteiger partial charge in [0.2, 0.25) is 0 Å². The number of carboxylic acids is 2. The van der Waals surface area contributed by atoms with Crippen LogP contribution in [-0.4, -0.2) is 109 Å². The van der Waals surface area contributed by atoms with Crippen molar-refractivity contribution in [2.75, 3.05) is 55.1 Å². The van der Waals surface area contributed by atoms with E-state index in [1.54, 1.807) is 23.5 Å². The van der Waals surface area contributed by atoms with E-state index < -0.39 is 33.7 Å². The molecule has 3 N–H and O–H groups in total. The van der Waals surface area contributed by atoms with Crippen molar-refractivity contribution in [2.45, 2.75) is 110 Å². The Hall–Kier alpha value is -2.19. The van der Waals surface area contributed by atoms with Gasteiger partial charge < -0.3 is 15.5 Å². The average Bonchev–Trinajstić information content (AvgIpc) is 3.59. The Morgan fingerprint density at radius 3 is 2.05 bits per heavy atom. The normalized spacial score (nSPS) is 16.8. The average molecular weight is 855 g/mol. The number of benzene rings is 2. The third-order valence-corrected chi connectivity index (χ3v) is 12.4. The van der Waals surface area contributed by atoms with Gasteiger partial charge in [0.05, 0.1) is 11.7 Å². The minimum Gasteiger partial charge on any atom is -0.481 e. The van der Waals surface area contributed by atoms with Crippen LogP contribution < -0.4 is 5.32 Å². The van der Waals surface area contributed by atoms with E-state index in [1.807, 2.05) is 48.7 Å². The molecular weight excluding hydrogens is 785 g/mol. The molecule has 2 aromatic rings. The van der Waals surface area contributed by atoms with Gasteiger partial charge in [-0.25, -0.2) is 13.2 Å². The van der Waals surface area contributed by atoms with Crippen LogP contribution in [0.15, 0.2) is 42.5 Å². The van der Waals surface area contributed by atoms with Gasteiger partial charge in [0, 0.05) is 24.4 Å². The molecule has 2 aliphatic rings. The fraction of sp³-hybridized carbons (Fsp3) is 0.651. The van der Waals surface area contributed by atoms with Crippen molar-refractivity contribution in [3.05, 3.63) is 59.2 Å². The maximum Gasteiger partial charge on any atom is 0.326 e. The molecule has 2 aromatic carbocycles. The van der Waals surface area contributed by atoms with Crippen molar-refractivity contribution in [3.8, 4) is 11.1 Å². The molecule has 2 fully saturated rings. The number of carbonyl (C=O) groups excluding carboxylic acids is 1. The van der Waals surface area contributed by atoms with E-state index in [-0.39, 0.29) is 18.1 Å². The van der Waals surface area contributed by atoms with Crippen LogP contribution in [-0.2, 0) is 26.0 Å². The molecule has 0 spiro atoms. The molecule has 1 saturated heterocycles. The molecule has 1 aliphatic carbocycles. The summed E-state index contributed by atoms with van der Waals surface area (Å²) in [6.07, 6.45) is 22.0. The summed E-state index contributed by atoms with van der Waals surface area (Å²) < 4.78 is 21.1. The number of sulfone groups is 1. The van der Waals surface area contributed by atoms with Crippen molar-refractivity contribution < 1.29 is 33.0 Å². The number of carboxylic acid groups (broad SMARTS) is 2. The number of aryl methyl sites for hydroxylation is 1. The number of likely N-dealkylation sites (tertiary alicyclic amines) is 1. The molecule has 9 nitrogen and oxygen atoms in total. The summed E-state index contributed by atoms with van der Waals surface area (Å²) in [5, 5.41) is 20.8. The zero-order valence-corrected chi connectivity index (χ0v) is 38.4. The Labute approximate surface area is 351 Å². The number of hydrogen-bond donors (Lipinski definition) is 3. The number of nitrogens with one attached hydrogen (secondary N) is 1. The third kappa shape index (κ3) is 21.0. The number of nitrogens with zero attached hydrogens (tertiary/aromatic N) is 1. The van der Waals surface area contributed by atoms with Crippen LogP contribution in [0.3, 0.4) is 0 Å². The van der Waals surface area contributed by atoms with Crippen LogP contribution in [0.5, 0.6) is 0 Å². The van der Waals surface area contributed by atoms with Crippen LogP contribution in [0.2, 0.25) is 0 Å². The molecule has 3 atom stereocenters. The Morgan fingerprint density at radius 2 is 1.52 bits per heavy atom. The Bertz CT molecular complexity index is 1550. The van der Waals surface area contributed by atoms with Gasteiger partial charge in [-0.15, -0.1) is 0 Å². The number of amides is 1. The highest BCUT2D eigenvalue weighted by atomic mass is 32.2. The van der Waals surface area contributed by atoms with Crippen molar-refractivity contribution in [3.63, 3.8) is 0 Å². The summed E-state index contributed by atoms with van der Waals surface area (Å²) in [5.74, 6) is -0.0390. The van der Waals surface area contributed by atoms with E-state index in [2.05, 4.69) is 54.6 Å². The molecule has 13 heteroatoms. The molecule has 1 saturated carbocycles. The zero-order valence-electron chi connectivity index (χ0n) is 35.2. The van der Waals surface area contributed by atoms with Crippen molar-refractivity contribution in [2.24, 2.45) is 11.8 Å². The highest BCUT2D eigenvalue weighted by molar-refractivity contribution is 7.98. The van der Waals surface area contributed by atoms with Crippen LogP contribution in [0.1, 0.15) is 106 Å². The monoisotopic (exact) mass is 854 g/mol. The van der Waals surface area contributed by atoms with Crippen molar-refractivity contribution in [1.29, 1.82) is 0 Å². The van der Waals surface area contributed by atoms with E-state index in [1.165, 1.54) is 76.0 Å². The fourth-order valence-electron chi connectivity index (χ4n) is 6.85. The first-order valence-electron chi connectivity index (χ1n) is 19.9. The van der Waals surface area contributed by atoms with Gasteiger partial charge in [-0.1, -0.05) is 76.3 Å². The van der Waals surface area contributed by atoms with Gasteiger partial charge >= 0.3 is 11.9 Å². The second-order valence-electron chi connectivity index (χ2n) is 14.9. The minimum atomic E-state index is -3.02. The quantitative estimate of drug-likeness (QED) is 0.140. The molecule has 0 bridgehead atoms. The topological polar surface area (TPSA) is 141 Å². The smallest absolute Gasteiger partial charge is 0.326 e. The van der Waals surface area contributed by atoms with Gasteiger partial charge in [0.25, 0.3) is 5.91 Å². The van der Waals surface area contributed by atoms with Crippen LogP contribution >= 0.6 is 35.3 Å². The summed E-state index contributed by atoms with van der Waals surface area (Å²) in [5.41, 5.74) is 4.74. The molecule has 0 radical (unpaired) electrons. The predicted molar refractivity (Wildman–Crippen MR) is 242 cm³/mol. The van der Waals surface area contributed by atoms with E-state index in [0.717, 1.165) is 42.0 Å². The molecule has 56 heavy (non-hydrogen) atoms. The molecule has 3 unspecified atom stereocenters. The molecule has 1 heterocycles. The number of aliphatic carboxylic acids is 2. The Kier molecular flexibility index (Phi) is 26.9. The summed E-state index contributed by atoms with van der Waals surface area (Å²) >= 11 is 5.23. The molecule has 1 aliphatic heterocycles. The maximum atomic E-state index is 13.4. The molecule has 0 aromatic heterocycles. The number of rotatable bonds is 17. The first-order chi connectivity index (χ1) is 26.6. The molecular formula is C43H70N2O7S4. The van der Waals surface area contributed by atoms with Gasteiger partial charge in [0.15, 0.2) is 0 Å². The highest BCUT2D eigenvalue weighted by Crippen LogP contribution is 2.34. The number of thioether (sulfide) groups is 3. The second kappa shape index (κ2) is 29.1. The largest absolute Gasteiger partial charge is 0.481 e. The minimum absolute atomic E-state index is 0.0551. The third-order valence-electron chi connectivity index (χ3n) is 9.94. The number of carbonyl (C=O) groups is 3. The van der Waals surface area contributed by atoms with Crippen LogP contribution in [0, 0.1) is 18.8 Å². The van der Waals surface area contributed by atoms with Crippen molar-refractivity contribution in [1.82, 2.24) is 10.2 Å². The SMILES string of the molecule is CC(CCS(C)(=O)=O)C(=O)O.CCCSC.CSC.CSCCC(NC(=O)c1ccc(CN2CCCC2CC2CCCCC2)cc1-c1ccccc1C)C(=O)O. The second-order valence-corrected chi connectivity index (χ2v) is 20.0. The highest BCUT2D eigenvalue weighted by Gasteiger charge is 2.29. The van der Waals surface area contributed by atoms with Gasteiger partial charge in [-0.2, -0.15) is 35.3 Å². The van der Waals surface area contributed by atoms with E-state index in [0.29, 0.717) is 23.8 Å². The van der Waals surface area contributed by atoms with Gasteiger partial charge in [-0.05, 0) is 129 Å². The van der Waals surface area contributed by atoms with E-state index >= 15 is 0 Å². The standard InChI is InChI=1S/C31H42N2O3S.C6H12O4S.C4H10S.C2H6S/c1-22-9-6-7-13-26(22)28-20-24(14-15-27(28)30(34)32-29(31(35)36)16-18-37-2)21-33-17-8-12-25(33)19-23-10-4-3-5-11-23;1-5(6(7)8)3-4-11(2,9)10;1-3-4-5-2;1-3-2/h6-7,9,13-15,20,23,25,29H,3-5,8,10-12,16-19,21H2,1-2H3,(H,32,34)(H,35,36);5H,3-4H2,1-2H3,(H,7,8);3-4H2,1-2H3;1-2H3. The van der Waals surface area contributed by atoms with Crippen LogP contribution in [0.25, 0.3) is 11.1 Å². The Balaban J connectivity index is 0.000000684. The lowest BCUT2D eigenvalue weighted by atomic mass is 9.84. The lowest BCUT2D eigenvalue weighted by molar-refractivity contribution is -0.141. The van der Waals surface area contributed by atoms with Crippen molar-refractivity contribution >= 4 is 63.0 Å². The zero-order chi connectivity index (χ0) is 42.1. The Morgan fingerprint density at radius 1 is 0.875 bits per heavy atom.